The van der Waals surface area contributed by atoms with Crippen molar-refractivity contribution >= 4 is 12.1 Å². The summed E-state index contributed by atoms with van der Waals surface area (Å²) in [5, 5.41) is 2.58. The number of benzene rings is 3. The molecule has 5 nitrogen and oxygen atoms in total. The second-order valence-corrected chi connectivity index (χ2v) is 7.59. The van der Waals surface area contributed by atoms with Crippen molar-refractivity contribution in [1.82, 2.24) is 5.32 Å². The molecule has 0 saturated carbocycles. The number of amides is 1. The number of fused-ring (bicyclic) bond motifs is 3. The van der Waals surface area contributed by atoms with Gasteiger partial charge in [-0.2, -0.15) is 0 Å². The summed E-state index contributed by atoms with van der Waals surface area (Å²) in [5.74, 6) is -0.623. The normalized spacial score (nSPS) is 12.8. The topological polar surface area (TPSA) is 64.6 Å². The predicted octanol–water partition coefficient (Wildman–Crippen LogP) is 5.02. The van der Waals surface area contributed by atoms with Gasteiger partial charge in [-0.3, -0.25) is 0 Å². The van der Waals surface area contributed by atoms with Crippen LogP contribution >= 0.6 is 0 Å². The van der Waals surface area contributed by atoms with Crippen molar-refractivity contribution in [3.63, 3.8) is 0 Å². The third kappa shape index (κ3) is 4.69. The molecule has 32 heavy (non-hydrogen) atoms. The quantitative estimate of drug-likeness (QED) is 0.406. The van der Waals surface area contributed by atoms with E-state index in [0.29, 0.717) is 0 Å². The standard InChI is InChI=1S/C27H23NO4/c1-2-10-25(26(29)31-17-19-11-4-3-5-12-19)28-27(30)32-18-24-22-15-8-6-13-20(22)21-14-7-9-16-23(21)24/h1-9,11-16,24-25H,10,17-18H2/p+1/t25-/m0/s1. The molecule has 1 amide bonds. The molecule has 160 valence electrons. The molecule has 0 fully saturated rings. The monoisotopic (exact) mass is 426 g/mol. The van der Waals surface area contributed by atoms with Gasteiger partial charge >= 0.3 is 12.1 Å². The van der Waals surface area contributed by atoms with Gasteiger partial charge in [-0.15, -0.1) is 0 Å². The van der Waals surface area contributed by atoms with Gasteiger partial charge in [0.15, 0.2) is 6.08 Å². The fourth-order valence-corrected chi connectivity index (χ4v) is 3.96. The molecule has 0 saturated heterocycles. The molecule has 1 atom stereocenters. The first-order valence-electron chi connectivity index (χ1n) is 10.5. The Morgan fingerprint density at radius 2 is 1.47 bits per heavy atom. The van der Waals surface area contributed by atoms with Crippen LogP contribution in [0.3, 0.4) is 0 Å². The van der Waals surface area contributed by atoms with E-state index in [-0.39, 0.29) is 25.6 Å². The van der Waals surface area contributed by atoms with Gasteiger partial charge in [-0.05, 0) is 27.8 Å². The van der Waals surface area contributed by atoms with Crippen molar-refractivity contribution in [2.75, 3.05) is 6.61 Å². The SMILES string of the molecule is [CH+]=CC[C@H](NC(=O)OCC1c2ccccc2-c2ccccc21)C(=O)OCc1ccccc1. The van der Waals surface area contributed by atoms with Gasteiger partial charge in [0, 0.05) is 12.3 Å². The molecule has 0 spiro atoms. The third-order valence-corrected chi connectivity index (χ3v) is 5.52. The number of rotatable bonds is 8. The molecule has 1 N–H and O–H groups in total. The Morgan fingerprint density at radius 3 is 2.09 bits per heavy atom. The summed E-state index contributed by atoms with van der Waals surface area (Å²) in [6, 6.07) is 24.6. The van der Waals surface area contributed by atoms with Crippen molar-refractivity contribution in [2.24, 2.45) is 0 Å². The molecule has 5 heteroatoms. The summed E-state index contributed by atoms with van der Waals surface area (Å²) in [5.41, 5.74) is 5.40. The summed E-state index contributed by atoms with van der Waals surface area (Å²) in [6.45, 7) is 5.79. The van der Waals surface area contributed by atoms with Crippen LogP contribution in [-0.2, 0) is 20.9 Å². The maximum atomic E-state index is 12.5. The molecule has 1 aliphatic carbocycles. The number of alkyl carbamates (subject to hydrolysis) is 1. The maximum Gasteiger partial charge on any atom is 0.407 e. The molecule has 0 bridgehead atoms. The molecule has 0 heterocycles. The van der Waals surface area contributed by atoms with Crippen LogP contribution in [0.2, 0.25) is 0 Å². The van der Waals surface area contributed by atoms with Gasteiger partial charge < -0.3 is 14.8 Å². The summed E-state index contributed by atoms with van der Waals surface area (Å²) >= 11 is 0. The van der Waals surface area contributed by atoms with E-state index in [1.54, 1.807) is 0 Å². The Morgan fingerprint density at radius 1 is 0.875 bits per heavy atom. The lowest BCUT2D eigenvalue weighted by molar-refractivity contribution is -0.147. The fourth-order valence-electron chi connectivity index (χ4n) is 3.96. The second-order valence-electron chi connectivity index (χ2n) is 7.59. The molecule has 3 aromatic carbocycles. The summed E-state index contributed by atoms with van der Waals surface area (Å²) in [7, 11) is 0. The number of hydrogen-bond donors (Lipinski definition) is 1. The lowest BCUT2D eigenvalue weighted by Gasteiger charge is -2.18. The zero-order valence-electron chi connectivity index (χ0n) is 17.6. The highest BCUT2D eigenvalue weighted by molar-refractivity contribution is 5.82. The Hall–Kier alpha value is -3.95. The number of carbonyl (C=O) groups is 2. The smallest absolute Gasteiger partial charge is 0.407 e. The molecule has 0 unspecified atom stereocenters. The predicted molar refractivity (Wildman–Crippen MR) is 122 cm³/mol. The van der Waals surface area contributed by atoms with Crippen molar-refractivity contribution in [1.29, 1.82) is 0 Å². The molecule has 1 aliphatic rings. The molecule has 3 aromatic rings. The minimum Gasteiger partial charge on any atom is -0.459 e. The van der Waals surface area contributed by atoms with E-state index >= 15 is 0 Å². The van der Waals surface area contributed by atoms with Crippen molar-refractivity contribution in [3.05, 3.63) is 108 Å². The van der Waals surface area contributed by atoms with E-state index in [4.69, 9.17) is 16.1 Å². The van der Waals surface area contributed by atoms with E-state index < -0.39 is 18.1 Å². The van der Waals surface area contributed by atoms with Crippen LogP contribution in [0.4, 0.5) is 4.79 Å². The minimum absolute atomic E-state index is 0.0577. The van der Waals surface area contributed by atoms with Crippen molar-refractivity contribution < 1.29 is 19.1 Å². The van der Waals surface area contributed by atoms with Crippen LogP contribution in [-0.4, -0.2) is 24.7 Å². The summed E-state index contributed by atoms with van der Waals surface area (Å²) < 4.78 is 10.8. The van der Waals surface area contributed by atoms with Crippen LogP contribution in [0.25, 0.3) is 11.1 Å². The zero-order valence-corrected chi connectivity index (χ0v) is 17.6. The summed E-state index contributed by atoms with van der Waals surface area (Å²) in [4.78, 5) is 25.0. The lowest BCUT2D eigenvalue weighted by atomic mass is 9.98. The Bertz CT molecular complexity index is 1060. The van der Waals surface area contributed by atoms with Crippen molar-refractivity contribution in [3.8, 4) is 11.1 Å². The maximum absolute atomic E-state index is 12.5. The third-order valence-electron chi connectivity index (χ3n) is 5.52. The van der Waals surface area contributed by atoms with Gasteiger partial charge in [-0.25, -0.2) is 9.59 Å². The first-order valence-corrected chi connectivity index (χ1v) is 10.5. The molecule has 4 rings (SSSR count). The minimum atomic E-state index is -0.917. The largest absolute Gasteiger partial charge is 0.459 e. The van der Waals surface area contributed by atoms with Crippen LogP contribution in [0.5, 0.6) is 0 Å². The molecule has 0 radical (unpaired) electrons. The van der Waals surface area contributed by atoms with Crippen LogP contribution in [0.1, 0.15) is 29.0 Å². The average Bonchev–Trinajstić information content (AvgIpc) is 3.15. The zero-order chi connectivity index (χ0) is 22.3. The highest BCUT2D eigenvalue weighted by Crippen LogP contribution is 2.44. The number of hydrogen-bond acceptors (Lipinski definition) is 4. The molecule has 0 aliphatic heterocycles. The highest BCUT2D eigenvalue weighted by Gasteiger charge is 2.30. The van der Waals surface area contributed by atoms with Crippen molar-refractivity contribution in [2.45, 2.75) is 25.0 Å². The number of esters is 1. The van der Waals surface area contributed by atoms with Gasteiger partial charge in [0.05, 0.1) is 0 Å². The van der Waals surface area contributed by atoms with Gasteiger partial charge in [-0.1, -0.05) is 78.9 Å². The van der Waals surface area contributed by atoms with Crippen LogP contribution in [0, 0.1) is 6.58 Å². The van der Waals surface area contributed by atoms with E-state index in [9.17, 15) is 9.59 Å². The molecular formula is C27H24NO4+. The fraction of sp³-hybridized carbons (Fsp3) is 0.185. The second kappa shape index (κ2) is 9.90. The van der Waals surface area contributed by atoms with Gasteiger partial charge in [0.25, 0.3) is 0 Å². The lowest BCUT2D eigenvalue weighted by Crippen LogP contribution is -2.42. The molecule has 0 aromatic heterocycles. The molecular weight excluding hydrogens is 402 g/mol. The van der Waals surface area contributed by atoms with E-state index in [1.165, 1.54) is 6.08 Å². The highest BCUT2D eigenvalue weighted by atomic mass is 16.6. The van der Waals surface area contributed by atoms with Gasteiger partial charge in [0.1, 0.15) is 19.3 Å². The number of nitrogens with one attached hydrogen (secondary N) is 1. The first kappa shape index (κ1) is 21.3. The van der Waals surface area contributed by atoms with E-state index in [0.717, 1.165) is 27.8 Å². The number of ether oxygens (including phenoxy) is 2. The van der Waals surface area contributed by atoms with Crippen LogP contribution < -0.4 is 5.32 Å². The Labute approximate surface area is 187 Å². The van der Waals surface area contributed by atoms with E-state index in [2.05, 4.69) is 17.4 Å². The van der Waals surface area contributed by atoms with Gasteiger partial charge in [0.2, 0.25) is 6.58 Å². The summed E-state index contributed by atoms with van der Waals surface area (Å²) in [6.07, 6.45) is 0.770. The first-order chi connectivity index (χ1) is 15.7. The Kier molecular flexibility index (Phi) is 6.59. The number of carbonyl (C=O) groups excluding carboxylic acids is 2. The van der Waals surface area contributed by atoms with Crippen LogP contribution in [0.15, 0.2) is 84.9 Å². The van der Waals surface area contributed by atoms with E-state index in [1.807, 2.05) is 66.7 Å². The Balaban J connectivity index is 1.37. The average molecular weight is 426 g/mol.